The monoisotopic (exact) mass is 764 g/mol. The summed E-state index contributed by atoms with van der Waals surface area (Å²) in [7, 11) is -1.06. The molecule has 2 aromatic carbocycles. The number of hydrogen-bond donors (Lipinski definition) is 1. The molecule has 2 saturated heterocycles. The topological polar surface area (TPSA) is 83.6 Å². The van der Waals surface area contributed by atoms with E-state index >= 15 is 0 Å². The highest BCUT2D eigenvalue weighted by Crippen LogP contribution is 2.49. The number of ether oxygens (including phenoxy) is 3. The van der Waals surface area contributed by atoms with Crippen LogP contribution >= 0.6 is 11.6 Å². The number of amides is 1. The van der Waals surface area contributed by atoms with Crippen molar-refractivity contribution in [2.24, 2.45) is 17.8 Å². The minimum Gasteiger partial charge on any atom is -0.490 e. The fraction of sp³-hybridized carbons (Fsp3) is 0.619. The minimum absolute atomic E-state index is 0.0322. The van der Waals surface area contributed by atoms with E-state index < -0.39 is 15.3 Å². The van der Waals surface area contributed by atoms with Gasteiger partial charge in [0.1, 0.15) is 11.4 Å². The van der Waals surface area contributed by atoms with Crippen molar-refractivity contribution in [2.45, 2.75) is 74.7 Å². The molecule has 53 heavy (non-hydrogen) atoms. The van der Waals surface area contributed by atoms with Crippen molar-refractivity contribution in [2.75, 3.05) is 77.6 Å². The summed E-state index contributed by atoms with van der Waals surface area (Å²) in [6, 6.07) is 12.6. The van der Waals surface area contributed by atoms with Gasteiger partial charge in [-0.15, -0.1) is 0 Å². The number of halogens is 1. The van der Waals surface area contributed by atoms with Crippen LogP contribution in [0.5, 0.6) is 5.75 Å². The molecule has 6 aliphatic rings. The molecule has 1 saturated carbocycles. The van der Waals surface area contributed by atoms with Crippen LogP contribution in [0.4, 0.5) is 5.69 Å². The van der Waals surface area contributed by atoms with Crippen molar-refractivity contribution < 1.29 is 23.2 Å². The number of nitrogens with one attached hydrogen (secondary N) is 1. The van der Waals surface area contributed by atoms with Crippen LogP contribution in [0.25, 0.3) is 0 Å². The van der Waals surface area contributed by atoms with Crippen molar-refractivity contribution in [3.63, 3.8) is 0 Å². The Morgan fingerprint density at radius 2 is 1.91 bits per heavy atom. The number of piperazine rings is 1. The summed E-state index contributed by atoms with van der Waals surface area (Å²) >= 11 is 6.52. The molecule has 3 fully saturated rings. The van der Waals surface area contributed by atoms with Crippen molar-refractivity contribution in [1.82, 2.24) is 14.5 Å². The Kier molecular flexibility index (Phi) is 10.4. The van der Waals surface area contributed by atoms with Crippen LogP contribution in [0, 0.1) is 17.8 Å². The molecule has 9 nitrogen and oxygen atoms in total. The third kappa shape index (κ3) is 7.17. The van der Waals surface area contributed by atoms with Crippen LogP contribution in [0.2, 0.25) is 5.02 Å². The van der Waals surface area contributed by atoms with Crippen LogP contribution in [-0.4, -0.2) is 115 Å². The zero-order valence-electron chi connectivity index (χ0n) is 31.7. The van der Waals surface area contributed by atoms with E-state index in [9.17, 15) is 9.00 Å². The van der Waals surface area contributed by atoms with E-state index in [1.54, 1.807) is 6.07 Å². The number of anilines is 1. The first-order valence-electron chi connectivity index (χ1n) is 19.7. The molecule has 4 heterocycles. The van der Waals surface area contributed by atoms with Gasteiger partial charge in [0.25, 0.3) is 5.91 Å². The molecule has 1 unspecified atom stereocenters. The Bertz CT molecular complexity index is 1830. The lowest BCUT2D eigenvalue weighted by Crippen LogP contribution is -2.61. The lowest BCUT2D eigenvalue weighted by molar-refractivity contribution is -0.107. The Balaban J connectivity index is 1.17. The molecule has 8 rings (SSSR count). The number of carbonyl (C=O) groups is 1. The van der Waals surface area contributed by atoms with E-state index in [1.807, 2.05) is 32.2 Å². The molecular formula is C42H57ClN4O5S. The van der Waals surface area contributed by atoms with Gasteiger partial charge in [-0.05, 0) is 111 Å². The lowest BCUT2D eigenvalue weighted by Gasteiger charge is -2.52. The van der Waals surface area contributed by atoms with Gasteiger partial charge in [-0.1, -0.05) is 36.7 Å². The van der Waals surface area contributed by atoms with Crippen molar-refractivity contribution in [3.8, 4) is 5.75 Å². The number of fused-ring (bicyclic) bond motifs is 4. The van der Waals surface area contributed by atoms with Crippen LogP contribution in [0.15, 0.2) is 48.6 Å². The molecule has 2 aliphatic carbocycles. The molecule has 1 N–H and O–H groups in total. The number of rotatable bonds is 4. The van der Waals surface area contributed by atoms with Crippen LogP contribution < -0.4 is 14.4 Å². The van der Waals surface area contributed by atoms with Gasteiger partial charge in [-0.2, -0.15) is 0 Å². The predicted octanol–water partition coefficient (Wildman–Crippen LogP) is 5.59. The quantitative estimate of drug-likeness (QED) is 0.319. The maximum absolute atomic E-state index is 14.1. The highest BCUT2D eigenvalue weighted by molar-refractivity contribution is 7.99. The van der Waals surface area contributed by atoms with Crippen LogP contribution in [0.3, 0.4) is 0 Å². The molecule has 0 radical (unpaired) electrons. The van der Waals surface area contributed by atoms with Crippen molar-refractivity contribution in [3.05, 3.63) is 70.3 Å². The average Bonchev–Trinajstić information content (AvgIpc) is 3.25. The van der Waals surface area contributed by atoms with E-state index in [1.165, 1.54) is 11.1 Å². The molecule has 0 aromatic heterocycles. The fourth-order valence-electron chi connectivity index (χ4n) is 9.97. The maximum atomic E-state index is 14.1. The second-order valence-electron chi connectivity index (χ2n) is 16.9. The Labute approximate surface area is 321 Å². The van der Waals surface area contributed by atoms with Crippen molar-refractivity contribution in [1.29, 1.82) is 0 Å². The van der Waals surface area contributed by atoms with Gasteiger partial charge >= 0.3 is 0 Å². The Morgan fingerprint density at radius 3 is 2.62 bits per heavy atom. The van der Waals surface area contributed by atoms with Gasteiger partial charge in [-0.25, -0.2) is 4.21 Å². The zero-order valence-corrected chi connectivity index (χ0v) is 33.3. The van der Waals surface area contributed by atoms with Crippen LogP contribution in [-0.2, 0) is 31.0 Å². The highest BCUT2D eigenvalue weighted by Gasteiger charge is 2.50. The average molecular weight is 765 g/mol. The highest BCUT2D eigenvalue weighted by atomic mass is 35.5. The third-order valence-corrected chi connectivity index (χ3v) is 16.2. The second kappa shape index (κ2) is 14.8. The first-order chi connectivity index (χ1) is 25.5. The third-order valence-electron chi connectivity index (χ3n) is 13.8. The van der Waals surface area contributed by atoms with Gasteiger partial charge in [0, 0.05) is 74.2 Å². The number of allylic oxidation sites excluding steroid dienone is 1. The molecule has 288 valence electrons. The predicted molar refractivity (Wildman–Crippen MR) is 214 cm³/mol. The number of aryl methyl sites for hydroxylation is 1. The molecule has 2 aromatic rings. The fourth-order valence-corrected chi connectivity index (χ4v) is 11.6. The zero-order chi connectivity index (χ0) is 37.0. The normalized spacial score (nSPS) is 36.2. The summed E-state index contributed by atoms with van der Waals surface area (Å²) in [5, 5.41) is 0.436. The lowest BCUT2D eigenvalue weighted by atomic mass is 9.63. The summed E-state index contributed by atoms with van der Waals surface area (Å²) in [6.45, 7) is 12.8. The number of carbonyl (C=O) groups excluding carboxylic acids is 1. The Hall–Kier alpha value is -2.60. The van der Waals surface area contributed by atoms with E-state index in [2.05, 4.69) is 56.5 Å². The molecule has 11 heteroatoms. The molecule has 7 atom stereocenters. The van der Waals surface area contributed by atoms with Gasteiger partial charge in [0.2, 0.25) is 0 Å². The number of benzene rings is 2. The first-order valence-corrected chi connectivity index (χ1v) is 21.9. The maximum Gasteiger partial charge on any atom is 0.262 e. The van der Waals surface area contributed by atoms with Gasteiger partial charge in [0.05, 0.1) is 41.3 Å². The summed E-state index contributed by atoms with van der Waals surface area (Å²) < 4.78 is 35.9. The summed E-state index contributed by atoms with van der Waals surface area (Å²) in [5.41, 5.74) is 3.31. The minimum atomic E-state index is -2.95. The number of methoxy groups -OCH3 is 1. The number of nitrogens with zero attached hydrogens (tertiary/aromatic N) is 3. The smallest absolute Gasteiger partial charge is 0.262 e. The van der Waals surface area contributed by atoms with E-state index in [0.717, 1.165) is 114 Å². The van der Waals surface area contributed by atoms with E-state index in [4.69, 9.17) is 25.8 Å². The number of hydrogen-bond acceptors (Lipinski definition) is 8. The van der Waals surface area contributed by atoms with E-state index in [-0.39, 0.29) is 22.5 Å². The van der Waals surface area contributed by atoms with Crippen molar-refractivity contribution >= 4 is 38.8 Å². The molecule has 1 amide bonds. The van der Waals surface area contributed by atoms with Gasteiger partial charge in [-0.3, -0.25) is 19.3 Å². The van der Waals surface area contributed by atoms with E-state index in [0.29, 0.717) is 30.0 Å². The SMILES string of the molecule is C=S1(=O)NC(=O)c2ccc3c(c2)N(C[C@@H]2CC[C@H]2[C@](CN2CCN(C4COC4)CC2)(OC)/C=C/C[C@H](C)[C@H]1C)C[C@@]1(CCCc2cc(Cl)ccc21)CO3. The summed E-state index contributed by atoms with van der Waals surface area (Å²) in [6.07, 6.45) is 10.6. The molecule has 4 aliphatic heterocycles. The standard InChI is InChI=1S/C42H57ClN4O5S/c1-29-7-5-16-42(50-3,27-45-17-19-46(20-18-45)35-24-51-25-35)37-12-9-33(37)23-47-26-41(15-6-8-31-21-34(43)11-13-36(31)41)28-52-39-14-10-32(22-38(39)47)40(48)44-53(4,49)30(29)2/h5,10-11,13-14,16,21-22,29-30,33,35,37H,4,6-9,12,15,17-20,23-28H2,1-3H3,(H,44,48,49)/b16-5+/t29-,30+,33-,37+,41-,42-,53?/m0/s1. The summed E-state index contributed by atoms with van der Waals surface area (Å²) in [4.78, 5) is 21.5. The molecule has 2 bridgehead atoms. The van der Waals surface area contributed by atoms with Crippen LogP contribution in [0.1, 0.15) is 67.4 Å². The second-order valence-corrected chi connectivity index (χ2v) is 19.7. The first kappa shape index (κ1) is 37.3. The van der Waals surface area contributed by atoms with Gasteiger partial charge in [0.15, 0.2) is 0 Å². The largest absolute Gasteiger partial charge is 0.490 e. The summed E-state index contributed by atoms with van der Waals surface area (Å²) in [5.74, 6) is 5.22. The molecule has 1 spiro atoms. The molecular weight excluding hydrogens is 708 g/mol. The van der Waals surface area contributed by atoms with Gasteiger partial charge < -0.3 is 19.1 Å². The Morgan fingerprint density at radius 1 is 1.09 bits per heavy atom.